The Labute approximate surface area is 83.4 Å². The summed E-state index contributed by atoms with van der Waals surface area (Å²) < 4.78 is 0. The zero-order chi connectivity index (χ0) is 10.6. The predicted molar refractivity (Wildman–Crippen MR) is 53.9 cm³/mol. The fraction of sp³-hybridized carbons (Fsp3) is 0.273. The highest BCUT2D eigenvalue weighted by molar-refractivity contribution is 5.94. The van der Waals surface area contributed by atoms with Gasteiger partial charge in [0.25, 0.3) is 5.91 Å². The van der Waals surface area contributed by atoms with E-state index in [2.05, 4.69) is 5.32 Å². The lowest BCUT2D eigenvalue weighted by atomic mass is 10.0. The molecule has 0 heterocycles. The van der Waals surface area contributed by atoms with Crippen molar-refractivity contribution in [2.24, 2.45) is 0 Å². The zero-order valence-electron chi connectivity index (χ0n) is 8.29. The van der Waals surface area contributed by atoms with Crippen LogP contribution in [0.3, 0.4) is 0 Å². The van der Waals surface area contributed by atoms with Crippen LogP contribution in [0.2, 0.25) is 0 Å². The molecule has 0 saturated heterocycles. The maximum Gasteiger partial charge on any atom is 0.251 e. The van der Waals surface area contributed by atoms with E-state index in [4.69, 9.17) is 5.26 Å². The van der Waals surface area contributed by atoms with Gasteiger partial charge in [-0.1, -0.05) is 6.92 Å². The second-order valence-corrected chi connectivity index (χ2v) is 2.96. The average Bonchev–Trinajstić information content (AvgIpc) is 2.27. The first kappa shape index (κ1) is 10.3. The molecule has 1 N–H and O–H groups in total. The largest absolute Gasteiger partial charge is 0.355 e. The molecule has 3 heteroatoms. The van der Waals surface area contributed by atoms with Crippen LogP contribution < -0.4 is 5.32 Å². The van der Waals surface area contributed by atoms with Gasteiger partial charge in [0.15, 0.2) is 0 Å². The van der Waals surface area contributed by atoms with Gasteiger partial charge in [0.05, 0.1) is 11.6 Å². The lowest BCUT2D eigenvalue weighted by molar-refractivity contribution is 0.0963. The summed E-state index contributed by atoms with van der Waals surface area (Å²) in [6.07, 6.45) is 0.819. The van der Waals surface area contributed by atoms with Gasteiger partial charge in [-0.25, -0.2) is 0 Å². The van der Waals surface area contributed by atoms with Crippen LogP contribution in [0.5, 0.6) is 0 Å². The van der Waals surface area contributed by atoms with Gasteiger partial charge in [-0.2, -0.15) is 5.26 Å². The number of nitrogens with zero attached hydrogens (tertiary/aromatic N) is 1. The van der Waals surface area contributed by atoms with Crippen LogP contribution >= 0.6 is 0 Å². The Hall–Kier alpha value is -1.82. The quantitative estimate of drug-likeness (QED) is 0.764. The molecule has 0 aromatic heterocycles. The molecular formula is C11H12N2O. The third-order valence-corrected chi connectivity index (χ3v) is 2.02. The molecule has 0 fully saturated rings. The summed E-state index contributed by atoms with van der Waals surface area (Å²) in [6.45, 7) is 1.99. The van der Waals surface area contributed by atoms with Crippen molar-refractivity contribution < 1.29 is 4.79 Å². The number of amides is 1. The SMILES string of the molecule is CCc1cc(C#N)cc(C(=O)NC)c1. The van der Waals surface area contributed by atoms with Crippen LogP contribution in [0.25, 0.3) is 0 Å². The Morgan fingerprint density at radius 2 is 2.21 bits per heavy atom. The van der Waals surface area contributed by atoms with Crippen molar-refractivity contribution in [2.45, 2.75) is 13.3 Å². The van der Waals surface area contributed by atoms with Crippen molar-refractivity contribution in [1.29, 1.82) is 5.26 Å². The minimum absolute atomic E-state index is 0.156. The number of hydrogen-bond acceptors (Lipinski definition) is 2. The standard InChI is InChI=1S/C11H12N2O/c1-3-8-4-9(7-12)6-10(5-8)11(14)13-2/h4-6H,3H2,1-2H3,(H,13,14). The summed E-state index contributed by atoms with van der Waals surface area (Å²) in [6, 6.07) is 7.24. The van der Waals surface area contributed by atoms with Gasteiger partial charge in [-0.05, 0) is 30.2 Å². The van der Waals surface area contributed by atoms with Crippen LogP contribution in [0, 0.1) is 11.3 Å². The third-order valence-electron chi connectivity index (χ3n) is 2.02. The molecule has 0 unspecified atom stereocenters. The van der Waals surface area contributed by atoms with Crippen molar-refractivity contribution in [3.8, 4) is 6.07 Å². The van der Waals surface area contributed by atoms with Crippen LogP contribution in [-0.4, -0.2) is 13.0 Å². The molecule has 1 rings (SSSR count). The molecule has 0 atom stereocenters. The summed E-state index contributed by atoms with van der Waals surface area (Å²) in [5.41, 5.74) is 2.08. The monoisotopic (exact) mass is 188 g/mol. The molecule has 1 amide bonds. The molecule has 72 valence electrons. The maximum atomic E-state index is 11.3. The van der Waals surface area contributed by atoms with Crippen molar-refractivity contribution in [2.75, 3.05) is 7.05 Å². The van der Waals surface area contributed by atoms with E-state index in [0.29, 0.717) is 11.1 Å². The van der Waals surface area contributed by atoms with E-state index in [1.807, 2.05) is 13.0 Å². The Balaban J connectivity index is 3.19. The average molecular weight is 188 g/mol. The van der Waals surface area contributed by atoms with Gasteiger partial charge in [0, 0.05) is 12.6 Å². The van der Waals surface area contributed by atoms with E-state index in [-0.39, 0.29) is 5.91 Å². The molecule has 1 aromatic rings. The van der Waals surface area contributed by atoms with Crippen LogP contribution in [0.1, 0.15) is 28.4 Å². The highest BCUT2D eigenvalue weighted by atomic mass is 16.1. The second kappa shape index (κ2) is 4.43. The Bertz CT molecular complexity index is 391. The molecule has 0 bridgehead atoms. The number of hydrogen-bond donors (Lipinski definition) is 1. The maximum absolute atomic E-state index is 11.3. The van der Waals surface area contributed by atoms with Crippen molar-refractivity contribution in [3.05, 3.63) is 34.9 Å². The Kier molecular flexibility index (Phi) is 3.24. The first-order valence-electron chi connectivity index (χ1n) is 4.47. The number of benzene rings is 1. The van der Waals surface area contributed by atoms with Gasteiger partial charge in [0.2, 0.25) is 0 Å². The summed E-state index contributed by atoms with van der Waals surface area (Å²) in [4.78, 5) is 11.3. The number of nitriles is 1. The van der Waals surface area contributed by atoms with E-state index >= 15 is 0 Å². The van der Waals surface area contributed by atoms with Gasteiger partial charge in [-0.3, -0.25) is 4.79 Å². The minimum Gasteiger partial charge on any atom is -0.355 e. The second-order valence-electron chi connectivity index (χ2n) is 2.96. The minimum atomic E-state index is -0.156. The summed E-state index contributed by atoms with van der Waals surface area (Å²) in [7, 11) is 1.58. The third kappa shape index (κ3) is 2.11. The molecule has 0 aliphatic rings. The van der Waals surface area contributed by atoms with Crippen LogP contribution in [0.4, 0.5) is 0 Å². The number of nitrogens with one attached hydrogen (secondary N) is 1. The molecule has 14 heavy (non-hydrogen) atoms. The first-order chi connectivity index (χ1) is 6.71. The fourth-order valence-electron chi connectivity index (χ4n) is 1.24. The van der Waals surface area contributed by atoms with E-state index in [9.17, 15) is 4.79 Å². The summed E-state index contributed by atoms with van der Waals surface area (Å²) >= 11 is 0. The highest BCUT2D eigenvalue weighted by Gasteiger charge is 2.05. The van der Waals surface area contributed by atoms with E-state index < -0.39 is 0 Å². The van der Waals surface area contributed by atoms with E-state index in [0.717, 1.165) is 12.0 Å². The topological polar surface area (TPSA) is 52.9 Å². The Morgan fingerprint density at radius 1 is 1.50 bits per heavy atom. The van der Waals surface area contributed by atoms with Crippen molar-refractivity contribution >= 4 is 5.91 Å². The molecule has 0 aliphatic carbocycles. The molecular weight excluding hydrogens is 176 g/mol. The van der Waals surface area contributed by atoms with Crippen LogP contribution in [0.15, 0.2) is 18.2 Å². The fourth-order valence-corrected chi connectivity index (χ4v) is 1.24. The van der Waals surface area contributed by atoms with Gasteiger partial charge >= 0.3 is 0 Å². The normalized spacial score (nSPS) is 9.21. The molecule has 0 radical (unpaired) electrons. The van der Waals surface area contributed by atoms with Gasteiger partial charge in [0.1, 0.15) is 0 Å². The smallest absolute Gasteiger partial charge is 0.251 e. The van der Waals surface area contributed by atoms with Crippen LogP contribution in [-0.2, 0) is 6.42 Å². The molecule has 0 saturated carbocycles. The number of rotatable bonds is 2. The van der Waals surface area contributed by atoms with Gasteiger partial charge < -0.3 is 5.32 Å². The molecule has 0 aliphatic heterocycles. The Morgan fingerprint density at radius 3 is 2.71 bits per heavy atom. The van der Waals surface area contributed by atoms with Crippen molar-refractivity contribution in [1.82, 2.24) is 5.32 Å². The van der Waals surface area contributed by atoms with E-state index in [1.54, 1.807) is 25.2 Å². The number of aryl methyl sites for hydroxylation is 1. The van der Waals surface area contributed by atoms with Crippen molar-refractivity contribution in [3.63, 3.8) is 0 Å². The molecule has 1 aromatic carbocycles. The number of carbonyl (C=O) groups excluding carboxylic acids is 1. The molecule has 3 nitrogen and oxygen atoms in total. The summed E-state index contributed by atoms with van der Waals surface area (Å²) in [5.74, 6) is -0.156. The zero-order valence-corrected chi connectivity index (χ0v) is 8.29. The van der Waals surface area contributed by atoms with E-state index in [1.165, 1.54) is 0 Å². The summed E-state index contributed by atoms with van der Waals surface area (Å²) in [5, 5.41) is 11.3. The number of carbonyl (C=O) groups is 1. The lowest BCUT2D eigenvalue weighted by Gasteiger charge is -2.03. The predicted octanol–water partition coefficient (Wildman–Crippen LogP) is 1.48. The lowest BCUT2D eigenvalue weighted by Crippen LogP contribution is -2.18. The molecule has 0 spiro atoms. The first-order valence-corrected chi connectivity index (χ1v) is 4.47. The highest BCUT2D eigenvalue weighted by Crippen LogP contribution is 2.10. The van der Waals surface area contributed by atoms with Gasteiger partial charge in [-0.15, -0.1) is 0 Å².